The van der Waals surface area contributed by atoms with E-state index in [1.807, 2.05) is 0 Å². The highest BCUT2D eigenvalue weighted by Crippen LogP contribution is 2.38. The van der Waals surface area contributed by atoms with Gasteiger partial charge in [-0.05, 0) is 27.6 Å². The van der Waals surface area contributed by atoms with Crippen molar-refractivity contribution in [2.24, 2.45) is 5.73 Å². The van der Waals surface area contributed by atoms with Crippen molar-refractivity contribution in [3.63, 3.8) is 0 Å². The number of carbonyl (C=O) groups is 2. The Morgan fingerprint density at radius 1 is 1.11 bits per heavy atom. The van der Waals surface area contributed by atoms with Crippen LogP contribution in [0.4, 0.5) is 0 Å². The molecular formula is C14H8BrNO3. The van der Waals surface area contributed by atoms with Gasteiger partial charge in [-0.2, -0.15) is 0 Å². The smallest absolute Gasteiger partial charge is 0.237 e. The summed E-state index contributed by atoms with van der Waals surface area (Å²) in [4.78, 5) is 24.1. The molecular weight excluding hydrogens is 310 g/mol. The first kappa shape index (κ1) is 11.9. The van der Waals surface area contributed by atoms with E-state index >= 15 is 0 Å². The molecule has 94 valence electrons. The van der Waals surface area contributed by atoms with E-state index < -0.39 is 11.5 Å². The van der Waals surface area contributed by atoms with Crippen molar-refractivity contribution in [2.45, 2.75) is 0 Å². The summed E-state index contributed by atoms with van der Waals surface area (Å²) >= 11 is 3.04. The average Bonchev–Trinajstić information content (AvgIpc) is 2.43. The van der Waals surface area contributed by atoms with Gasteiger partial charge in [-0.25, -0.2) is 0 Å². The van der Waals surface area contributed by atoms with Crippen molar-refractivity contribution in [3.8, 4) is 0 Å². The van der Waals surface area contributed by atoms with E-state index in [-0.39, 0.29) is 21.5 Å². The Bertz CT molecular complexity index is 741. The molecule has 19 heavy (non-hydrogen) atoms. The maximum absolute atomic E-state index is 12.4. The summed E-state index contributed by atoms with van der Waals surface area (Å²) in [6.45, 7) is 0. The molecule has 0 saturated carbocycles. The summed E-state index contributed by atoms with van der Waals surface area (Å²) < 4.78 is 0.0761. The summed E-state index contributed by atoms with van der Waals surface area (Å²) in [5.74, 6) is -1.62. The highest BCUT2D eigenvalue weighted by atomic mass is 79.9. The van der Waals surface area contributed by atoms with Crippen LogP contribution in [-0.4, -0.2) is 16.7 Å². The third-order valence-electron chi connectivity index (χ3n) is 3.18. The van der Waals surface area contributed by atoms with E-state index in [2.05, 4.69) is 15.9 Å². The topological polar surface area (TPSA) is 80.4 Å². The number of aliphatic hydroxyl groups excluding tert-OH is 1. The summed E-state index contributed by atoms with van der Waals surface area (Å²) in [6.07, 6.45) is 1.70. The molecule has 5 heteroatoms. The minimum Gasteiger partial charge on any atom is -0.504 e. The first-order valence-electron chi connectivity index (χ1n) is 5.51. The number of Topliss-reactive ketones (excluding diaryl/α,β-unsaturated/α-hetero) is 2. The third kappa shape index (κ3) is 1.51. The molecule has 0 spiro atoms. The molecule has 0 fully saturated rings. The van der Waals surface area contributed by atoms with Crippen LogP contribution in [-0.2, 0) is 4.79 Å². The van der Waals surface area contributed by atoms with E-state index in [9.17, 15) is 14.7 Å². The van der Waals surface area contributed by atoms with Crippen molar-refractivity contribution in [2.75, 3.05) is 0 Å². The molecule has 0 heterocycles. The molecule has 0 radical (unpaired) electrons. The Kier molecular flexibility index (Phi) is 2.46. The summed E-state index contributed by atoms with van der Waals surface area (Å²) in [6, 6.07) is 6.97. The molecule has 3 N–H and O–H groups in total. The van der Waals surface area contributed by atoms with Gasteiger partial charge in [0.15, 0.2) is 11.5 Å². The van der Waals surface area contributed by atoms with Crippen LogP contribution in [0.3, 0.4) is 0 Å². The molecule has 0 aliphatic heterocycles. The maximum atomic E-state index is 12.4. The van der Waals surface area contributed by atoms with Crippen LogP contribution in [0.2, 0.25) is 0 Å². The van der Waals surface area contributed by atoms with E-state index in [1.165, 1.54) is 0 Å². The Labute approximate surface area is 117 Å². The Morgan fingerprint density at radius 3 is 2.53 bits per heavy atom. The molecule has 4 nitrogen and oxygen atoms in total. The van der Waals surface area contributed by atoms with Crippen LogP contribution in [0, 0.1) is 0 Å². The number of allylic oxidation sites excluding steroid dienone is 2. The quantitative estimate of drug-likeness (QED) is 0.769. The highest BCUT2D eigenvalue weighted by molar-refractivity contribution is 9.12. The van der Waals surface area contributed by atoms with Crippen molar-refractivity contribution in [3.05, 3.63) is 62.5 Å². The van der Waals surface area contributed by atoms with Gasteiger partial charge in [0, 0.05) is 11.1 Å². The molecule has 0 unspecified atom stereocenters. The van der Waals surface area contributed by atoms with Crippen LogP contribution in [0.15, 0.2) is 51.4 Å². The number of hydrogen-bond donors (Lipinski definition) is 2. The number of rotatable bonds is 0. The maximum Gasteiger partial charge on any atom is 0.237 e. The fourth-order valence-corrected chi connectivity index (χ4v) is 2.62. The van der Waals surface area contributed by atoms with Crippen LogP contribution in [0.1, 0.15) is 15.9 Å². The van der Waals surface area contributed by atoms with Gasteiger partial charge >= 0.3 is 0 Å². The zero-order valence-corrected chi connectivity index (χ0v) is 11.2. The van der Waals surface area contributed by atoms with Crippen LogP contribution in [0.5, 0.6) is 0 Å². The molecule has 2 aliphatic rings. The van der Waals surface area contributed by atoms with Crippen molar-refractivity contribution < 1.29 is 14.7 Å². The minimum absolute atomic E-state index is 0.0237. The fraction of sp³-hybridized carbons (Fsp3) is 0. The van der Waals surface area contributed by atoms with Gasteiger partial charge in [0.25, 0.3) is 0 Å². The summed E-state index contributed by atoms with van der Waals surface area (Å²) in [5.41, 5.74) is 7.55. The SMILES string of the molecule is NC1=C(Br)C(=O)C(O)=C2C(=O)c3ccccc3C=C12. The second-order valence-corrected chi connectivity index (χ2v) is 5.05. The monoisotopic (exact) mass is 317 g/mol. The van der Waals surface area contributed by atoms with E-state index in [0.29, 0.717) is 11.1 Å². The molecule has 0 aromatic heterocycles. The molecule has 1 aromatic rings. The number of aliphatic hydroxyl groups is 1. The fourth-order valence-electron chi connectivity index (χ4n) is 2.22. The predicted octanol–water partition coefficient (Wildman–Crippen LogP) is 2.23. The van der Waals surface area contributed by atoms with Crippen molar-refractivity contribution in [1.29, 1.82) is 0 Å². The van der Waals surface area contributed by atoms with Crippen LogP contribution < -0.4 is 5.73 Å². The number of hydrogen-bond acceptors (Lipinski definition) is 4. The number of benzene rings is 1. The zero-order chi connectivity index (χ0) is 13.7. The van der Waals surface area contributed by atoms with Gasteiger partial charge in [0.2, 0.25) is 5.78 Å². The van der Waals surface area contributed by atoms with Crippen LogP contribution in [0.25, 0.3) is 6.08 Å². The molecule has 1 aromatic carbocycles. The number of halogens is 1. The lowest BCUT2D eigenvalue weighted by Crippen LogP contribution is -2.26. The standard InChI is InChI=1S/C14H8BrNO3/c15-10-11(16)8-5-6-3-1-2-4-7(6)12(17)9(8)13(18)14(10)19/h1-5,18H,16H2. The zero-order valence-electron chi connectivity index (χ0n) is 9.61. The normalized spacial score (nSPS) is 18.3. The lowest BCUT2D eigenvalue weighted by Gasteiger charge is -2.23. The first-order valence-corrected chi connectivity index (χ1v) is 6.31. The molecule has 3 rings (SSSR count). The second-order valence-electron chi connectivity index (χ2n) is 4.25. The van der Waals surface area contributed by atoms with Crippen molar-refractivity contribution >= 4 is 33.6 Å². The first-order chi connectivity index (χ1) is 9.02. The molecule has 0 amide bonds. The van der Waals surface area contributed by atoms with E-state index in [4.69, 9.17) is 5.73 Å². The number of ketones is 2. The Morgan fingerprint density at radius 2 is 1.79 bits per heavy atom. The Balaban J connectivity index is 2.37. The van der Waals surface area contributed by atoms with Crippen molar-refractivity contribution in [1.82, 2.24) is 0 Å². The number of fused-ring (bicyclic) bond motifs is 2. The van der Waals surface area contributed by atoms with Gasteiger partial charge < -0.3 is 10.8 Å². The van der Waals surface area contributed by atoms with E-state index in [1.54, 1.807) is 30.3 Å². The Hall–Kier alpha value is -2.14. The van der Waals surface area contributed by atoms with E-state index in [0.717, 1.165) is 5.56 Å². The third-order valence-corrected chi connectivity index (χ3v) is 3.97. The lowest BCUT2D eigenvalue weighted by molar-refractivity contribution is -0.114. The summed E-state index contributed by atoms with van der Waals surface area (Å²) in [5, 5.41) is 9.91. The molecule has 0 saturated heterocycles. The summed E-state index contributed by atoms with van der Waals surface area (Å²) in [7, 11) is 0. The molecule has 0 bridgehead atoms. The number of carbonyl (C=O) groups excluding carboxylic acids is 2. The second kappa shape index (κ2) is 3.93. The van der Waals surface area contributed by atoms with Gasteiger partial charge in [-0.3, -0.25) is 9.59 Å². The number of nitrogens with two attached hydrogens (primary N) is 1. The molecule has 2 aliphatic carbocycles. The largest absolute Gasteiger partial charge is 0.504 e. The average molecular weight is 318 g/mol. The lowest BCUT2D eigenvalue weighted by atomic mass is 9.82. The molecule has 0 atom stereocenters. The minimum atomic E-state index is -0.669. The predicted molar refractivity (Wildman–Crippen MR) is 73.6 cm³/mol. The van der Waals surface area contributed by atoms with Gasteiger partial charge in [-0.15, -0.1) is 0 Å². The van der Waals surface area contributed by atoms with Gasteiger partial charge in [-0.1, -0.05) is 24.3 Å². The van der Waals surface area contributed by atoms with Gasteiger partial charge in [0.1, 0.15) is 0 Å². The van der Waals surface area contributed by atoms with Crippen LogP contribution >= 0.6 is 15.9 Å². The van der Waals surface area contributed by atoms with Gasteiger partial charge in [0.05, 0.1) is 15.8 Å². The highest BCUT2D eigenvalue weighted by Gasteiger charge is 2.36.